The highest BCUT2D eigenvalue weighted by atomic mass is 16.5. The summed E-state index contributed by atoms with van der Waals surface area (Å²) in [5.41, 5.74) is 0. The van der Waals surface area contributed by atoms with Crippen molar-refractivity contribution in [2.75, 3.05) is 13.2 Å². The van der Waals surface area contributed by atoms with Gasteiger partial charge >= 0.3 is 5.97 Å². The number of aliphatic hydroxyl groups excluding tert-OH is 2. The van der Waals surface area contributed by atoms with Crippen LogP contribution in [0.3, 0.4) is 0 Å². The quantitative estimate of drug-likeness (QED) is 0.0320. The molecule has 0 heterocycles. The van der Waals surface area contributed by atoms with Gasteiger partial charge in [-0.25, -0.2) is 0 Å². The zero-order chi connectivity index (χ0) is 62.8. The fraction of sp³-hybridized carbons (Fsp3) is 0.877. The molecule has 0 aromatic heterocycles. The first kappa shape index (κ1) is 84.8. The number of aliphatic hydroxyl groups is 2. The molecule has 0 aromatic carbocycles. The standard InChI is InChI=1S/C81H153NO5/c1-3-5-7-9-11-13-15-17-19-21-22-23-35-38-42-45-49-53-57-61-65-69-73-79(84)78(77-83)82-80(85)74-70-66-62-58-54-50-46-43-39-36-33-31-29-27-25-24-26-28-30-32-34-37-40-44-48-52-56-60-64-68-72-76-87-81(86)75-71-67-63-59-55-51-47-41-20-18-16-14-12-10-8-6-4-2/h18,20,26,28,32,34,69,73,78-79,83-84H,3-17,19,21-25,27,29-31,33,35-68,70-72,74-77H2,1-2H3,(H,82,85)/b20-18-,28-26-,34-32-,73-69+. The highest BCUT2D eigenvalue weighted by Crippen LogP contribution is 2.19. The van der Waals surface area contributed by atoms with Crippen LogP contribution < -0.4 is 5.32 Å². The Balaban J connectivity index is 3.41. The van der Waals surface area contributed by atoms with Crippen molar-refractivity contribution in [1.29, 1.82) is 0 Å². The molecular weight excluding hydrogens is 1070 g/mol. The Hall–Kier alpha value is -2.18. The molecule has 3 N–H and O–H groups in total. The molecule has 0 spiro atoms. The minimum absolute atomic E-state index is 0.0101. The van der Waals surface area contributed by atoms with Crippen LogP contribution in [0, 0.1) is 0 Å². The first-order valence-electron chi connectivity index (χ1n) is 39.4. The molecule has 0 aliphatic carbocycles. The molecule has 0 rings (SSSR count). The van der Waals surface area contributed by atoms with Crippen LogP contribution in [0.4, 0.5) is 0 Å². The smallest absolute Gasteiger partial charge is 0.305 e. The second-order valence-corrected chi connectivity index (χ2v) is 27.0. The molecule has 512 valence electrons. The zero-order valence-corrected chi connectivity index (χ0v) is 58.8. The molecule has 87 heavy (non-hydrogen) atoms. The average molecular weight is 1220 g/mol. The summed E-state index contributed by atoms with van der Waals surface area (Å²) >= 11 is 0. The van der Waals surface area contributed by atoms with Crippen LogP contribution in [0.25, 0.3) is 0 Å². The molecule has 0 fully saturated rings. The number of ether oxygens (including phenoxy) is 1. The summed E-state index contributed by atoms with van der Waals surface area (Å²) in [7, 11) is 0. The largest absolute Gasteiger partial charge is 0.466 e. The van der Waals surface area contributed by atoms with Gasteiger partial charge in [-0.3, -0.25) is 9.59 Å². The summed E-state index contributed by atoms with van der Waals surface area (Å²) < 4.78 is 5.50. The van der Waals surface area contributed by atoms with Gasteiger partial charge in [0.05, 0.1) is 25.4 Å². The lowest BCUT2D eigenvalue weighted by Crippen LogP contribution is -2.45. The number of hydrogen-bond acceptors (Lipinski definition) is 5. The van der Waals surface area contributed by atoms with Crippen LogP contribution in [-0.4, -0.2) is 47.4 Å². The normalized spacial score (nSPS) is 12.7. The molecule has 0 saturated carbocycles. The summed E-state index contributed by atoms with van der Waals surface area (Å²) in [5, 5.41) is 23.3. The SMILES string of the molecule is CCCCCCCC/C=C\CCCCCCCCCC(=O)OCCCCCCCCCCC/C=C\C/C=C\CCCCCCCCCCCCCCCCCC(=O)NC(CO)C(O)/C=C/CCCCCCCCCCCCCCCCCCCCCC. The van der Waals surface area contributed by atoms with Crippen LogP contribution in [-0.2, 0) is 14.3 Å². The summed E-state index contributed by atoms with van der Waals surface area (Å²) in [6, 6.07) is -0.629. The van der Waals surface area contributed by atoms with Crippen molar-refractivity contribution in [3.8, 4) is 0 Å². The van der Waals surface area contributed by atoms with Crippen molar-refractivity contribution in [3.05, 3.63) is 48.6 Å². The molecule has 2 unspecified atom stereocenters. The van der Waals surface area contributed by atoms with Gasteiger partial charge in [0.1, 0.15) is 0 Å². The number of esters is 1. The van der Waals surface area contributed by atoms with E-state index in [1.807, 2.05) is 6.08 Å². The van der Waals surface area contributed by atoms with Crippen molar-refractivity contribution in [3.63, 3.8) is 0 Å². The second kappa shape index (κ2) is 76.3. The topological polar surface area (TPSA) is 95.9 Å². The van der Waals surface area contributed by atoms with Gasteiger partial charge in [0, 0.05) is 12.8 Å². The monoisotopic (exact) mass is 1220 g/mol. The molecule has 0 aliphatic heterocycles. The van der Waals surface area contributed by atoms with E-state index in [-0.39, 0.29) is 18.5 Å². The summed E-state index contributed by atoms with van der Waals surface area (Å²) in [4.78, 5) is 24.6. The van der Waals surface area contributed by atoms with Gasteiger partial charge < -0.3 is 20.3 Å². The molecule has 0 aromatic rings. The Morgan fingerprint density at radius 3 is 0.885 bits per heavy atom. The summed E-state index contributed by atoms with van der Waals surface area (Å²) in [5.74, 6) is -0.0532. The van der Waals surface area contributed by atoms with E-state index in [1.165, 1.54) is 353 Å². The van der Waals surface area contributed by atoms with Crippen LogP contribution in [0.15, 0.2) is 48.6 Å². The average Bonchev–Trinajstić information content (AvgIpc) is 3.53. The van der Waals surface area contributed by atoms with E-state index in [0.29, 0.717) is 19.4 Å². The second-order valence-electron chi connectivity index (χ2n) is 27.0. The predicted octanol–water partition coefficient (Wildman–Crippen LogP) is 26.0. The molecule has 6 nitrogen and oxygen atoms in total. The van der Waals surface area contributed by atoms with E-state index in [1.54, 1.807) is 6.08 Å². The van der Waals surface area contributed by atoms with Crippen molar-refractivity contribution in [2.24, 2.45) is 0 Å². The van der Waals surface area contributed by atoms with E-state index in [4.69, 9.17) is 4.74 Å². The maximum absolute atomic E-state index is 12.5. The van der Waals surface area contributed by atoms with Gasteiger partial charge in [-0.1, -0.05) is 377 Å². The van der Waals surface area contributed by atoms with E-state index < -0.39 is 12.1 Å². The minimum atomic E-state index is -0.846. The van der Waals surface area contributed by atoms with Crippen molar-refractivity contribution < 1.29 is 24.5 Å². The Morgan fingerprint density at radius 2 is 0.575 bits per heavy atom. The van der Waals surface area contributed by atoms with Gasteiger partial charge in [0.25, 0.3) is 0 Å². The van der Waals surface area contributed by atoms with Gasteiger partial charge in [0.15, 0.2) is 0 Å². The Labute approximate surface area is 544 Å². The molecule has 0 bridgehead atoms. The lowest BCUT2D eigenvalue weighted by atomic mass is 10.0. The van der Waals surface area contributed by atoms with Crippen molar-refractivity contribution in [1.82, 2.24) is 5.32 Å². The number of amides is 1. The molecular formula is C81H153NO5. The number of hydrogen-bond donors (Lipinski definition) is 3. The number of unbranched alkanes of at least 4 members (excludes halogenated alkanes) is 57. The predicted molar refractivity (Wildman–Crippen MR) is 384 cm³/mol. The molecule has 0 saturated heterocycles. The third-order valence-corrected chi connectivity index (χ3v) is 18.3. The third-order valence-electron chi connectivity index (χ3n) is 18.3. The number of rotatable bonds is 74. The van der Waals surface area contributed by atoms with E-state index >= 15 is 0 Å². The fourth-order valence-electron chi connectivity index (χ4n) is 12.3. The highest BCUT2D eigenvalue weighted by Gasteiger charge is 2.18. The van der Waals surface area contributed by atoms with Crippen LogP contribution >= 0.6 is 0 Å². The maximum Gasteiger partial charge on any atom is 0.305 e. The first-order valence-corrected chi connectivity index (χ1v) is 39.4. The number of carbonyl (C=O) groups is 2. The van der Waals surface area contributed by atoms with Crippen molar-refractivity contribution in [2.45, 2.75) is 443 Å². The lowest BCUT2D eigenvalue weighted by molar-refractivity contribution is -0.143. The van der Waals surface area contributed by atoms with E-state index in [0.717, 1.165) is 51.4 Å². The highest BCUT2D eigenvalue weighted by molar-refractivity contribution is 5.76. The van der Waals surface area contributed by atoms with Gasteiger partial charge in [-0.15, -0.1) is 0 Å². The minimum Gasteiger partial charge on any atom is -0.466 e. The Bertz CT molecular complexity index is 1450. The third kappa shape index (κ3) is 72.8. The first-order chi connectivity index (χ1) is 43.0. The number of nitrogens with one attached hydrogen (secondary N) is 1. The molecule has 0 radical (unpaired) electrons. The summed E-state index contributed by atoms with van der Waals surface area (Å²) in [6.45, 7) is 4.94. The Kier molecular flexibility index (Phi) is 74.4. The Morgan fingerprint density at radius 1 is 0.322 bits per heavy atom. The van der Waals surface area contributed by atoms with Crippen LogP contribution in [0.5, 0.6) is 0 Å². The van der Waals surface area contributed by atoms with Crippen LogP contribution in [0.1, 0.15) is 431 Å². The van der Waals surface area contributed by atoms with E-state index in [2.05, 4.69) is 55.6 Å². The molecule has 6 heteroatoms. The molecule has 1 amide bonds. The molecule has 0 aliphatic rings. The lowest BCUT2D eigenvalue weighted by Gasteiger charge is -2.20. The number of carbonyl (C=O) groups excluding carboxylic acids is 2. The van der Waals surface area contributed by atoms with Crippen LogP contribution in [0.2, 0.25) is 0 Å². The van der Waals surface area contributed by atoms with Crippen molar-refractivity contribution >= 4 is 11.9 Å². The number of allylic oxidation sites excluding steroid dienone is 7. The van der Waals surface area contributed by atoms with Gasteiger partial charge in [0.2, 0.25) is 5.91 Å². The molecule has 2 atom stereocenters. The van der Waals surface area contributed by atoms with E-state index in [9.17, 15) is 19.8 Å². The fourth-order valence-corrected chi connectivity index (χ4v) is 12.3. The van der Waals surface area contributed by atoms with Gasteiger partial charge in [-0.05, 0) is 89.9 Å². The summed E-state index contributed by atoms with van der Waals surface area (Å²) in [6.07, 6.45) is 101. The zero-order valence-electron chi connectivity index (χ0n) is 58.8. The maximum atomic E-state index is 12.5. The van der Waals surface area contributed by atoms with Gasteiger partial charge in [-0.2, -0.15) is 0 Å².